The molecule has 198 valence electrons. The Kier molecular flexibility index (Phi) is 6.03. The zero-order chi connectivity index (χ0) is 25.6. The Morgan fingerprint density at radius 2 is 1.51 bits per heavy atom. The molecule has 0 atom stereocenters. The molecule has 2 saturated heterocycles. The summed E-state index contributed by atoms with van der Waals surface area (Å²) in [6.07, 6.45) is -0.399. The number of fused-ring (bicyclic) bond motifs is 1. The minimum absolute atomic E-state index is 0.00422. The monoisotopic (exact) mass is 514 g/mol. The van der Waals surface area contributed by atoms with Gasteiger partial charge in [0, 0.05) is 45.3 Å². The maximum atomic E-state index is 14.8. The molecular formula is C25H32F2N8O2. The predicted octanol–water partition coefficient (Wildman–Crippen LogP) is 1.80. The molecular weight excluding hydrogens is 482 g/mol. The van der Waals surface area contributed by atoms with Crippen molar-refractivity contribution in [3.8, 4) is 0 Å². The lowest BCUT2D eigenvalue weighted by Crippen LogP contribution is -2.62. The van der Waals surface area contributed by atoms with Crippen molar-refractivity contribution in [2.75, 3.05) is 72.9 Å². The molecule has 3 fully saturated rings. The lowest BCUT2D eigenvalue weighted by atomic mass is 9.76. The SMILES string of the molecule is NC1(C(=O)N2CCN(c3cc(N4CCOCC4)nc(C4(C(F)F)Nc5ccccc5N4)n3)CC2)CCC1. The number of nitrogens with zero attached hydrogens (tertiary/aromatic N) is 5. The molecule has 1 aromatic heterocycles. The van der Waals surface area contributed by atoms with Crippen molar-refractivity contribution < 1.29 is 18.3 Å². The van der Waals surface area contributed by atoms with E-state index >= 15 is 0 Å². The maximum Gasteiger partial charge on any atom is 0.286 e. The Hall–Kier alpha value is -3.25. The Balaban J connectivity index is 1.31. The second-order valence-electron chi connectivity index (χ2n) is 10.2. The minimum atomic E-state index is -2.83. The van der Waals surface area contributed by atoms with Gasteiger partial charge in [-0.1, -0.05) is 12.1 Å². The molecule has 0 radical (unpaired) electrons. The lowest BCUT2D eigenvalue weighted by Gasteiger charge is -2.43. The zero-order valence-electron chi connectivity index (χ0n) is 20.6. The first-order chi connectivity index (χ1) is 17.9. The minimum Gasteiger partial charge on any atom is -0.378 e. The fourth-order valence-corrected chi connectivity index (χ4v) is 5.42. The molecule has 37 heavy (non-hydrogen) atoms. The van der Waals surface area contributed by atoms with Gasteiger partial charge in [0.25, 0.3) is 6.43 Å². The van der Waals surface area contributed by atoms with E-state index in [-0.39, 0.29) is 11.7 Å². The van der Waals surface area contributed by atoms with Crippen LogP contribution in [-0.2, 0) is 15.2 Å². The first kappa shape index (κ1) is 24.1. The number of rotatable bonds is 5. The van der Waals surface area contributed by atoms with E-state index in [4.69, 9.17) is 10.5 Å². The van der Waals surface area contributed by atoms with Crippen molar-refractivity contribution in [3.63, 3.8) is 0 Å². The highest BCUT2D eigenvalue weighted by Gasteiger charge is 2.50. The van der Waals surface area contributed by atoms with Gasteiger partial charge in [0.05, 0.1) is 30.1 Å². The number of hydrogen-bond donors (Lipinski definition) is 3. The van der Waals surface area contributed by atoms with Crippen molar-refractivity contribution in [2.45, 2.75) is 36.9 Å². The molecule has 0 unspecified atom stereocenters. The van der Waals surface area contributed by atoms with Crippen LogP contribution in [0.1, 0.15) is 25.1 Å². The van der Waals surface area contributed by atoms with E-state index in [1.807, 2.05) is 20.8 Å². The molecule has 6 rings (SSSR count). The number of morpholine rings is 1. The van der Waals surface area contributed by atoms with E-state index in [0.29, 0.717) is 75.5 Å². The summed E-state index contributed by atoms with van der Waals surface area (Å²) in [5.74, 6) is 1.12. The van der Waals surface area contributed by atoms with Gasteiger partial charge in [-0.2, -0.15) is 0 Å². The Morgan fingerprint density at radius 1 is 0.946 bits per heavy atom. The molecule has 1 aliphatic carbocycles. The second-order valence-corrected chi connectivity index (χ2v) is 10.2. The first-order valence-electron chi connectivity index (χ1n) is 12.9. The normalized spacial score (nSPS) is 22.2. The van der Waals surface area contributed by atoms with Gasteiger partial charge >= 0.3 is 0 Å². The highest BCUT2D eigenvalue weighted by Crippen LogP contribution is 2.42. The summed E-state index contributed by atoms with van der Waals surface area (Å²) in [5, 5.41) is 5.92. The molecule has 1 aromatic carbocycles. The van der Waals surface area contributed by atoms with Crippen LogP contribution >= 0.6 is 0 Å². The molecule has 10 nitrogen and oxygen atoms in total. The standard InChI is InChI=1S/C25H32F2N8O2/c26-21(27)25(31-17-4-1-2-5-18(17)32-25)22-29-19(16-20(30-22)34-12-14-37-15-13-34)33-8-10-35(11-9-33)23(36)24(28)6-3-7-24/h1-2,4-5,16,21,31-32H,3,6-15,28H2. The van der Waals surface area contributed by atoms with Crippen molar-refractivity contribution in [2.24, 2.45) is 5.73 Å². The van der Waals surface area contributed by atoms with Crippen LogP contribution in [0, 0.1) is 0 Å². The Bertz CT molecular complexity index is 1140. The van der Waals surface area contributed by atoms with Crippen molar-refractivity contribution in [1.29, 1.82) is 0 Å². The lowest BCUT2D eigenvalue weighted by molar-refractivity contribution is -0.140. The van der Waals surface area contributed by atoms with Crippen LogP contribution in [0.4, 0.5) is 31.8 Å². The number of alkyl halides is 2. The highest BCUT2D eigenvalue weighted by atomic mass is 19.3. The number of benzene rings is 1. The summed E-state index contributed by atoms with van der Waals surface area (Å²) in [5.41, 5.74) is 4.72. The smallest absolute Gasteiger partial charge is 0.286 e. The Morgan fingerprint density at radius 3 is 2.03 bits per heavy atom. The predicted molar refractivity (Wildman–Crippen MR) is 136 cm³/mol. The largest absolute Gasteiger partial charge is 0.378 e. The molecule has 2 aromatic rings. The number of ether oxygens (including phenoxy) is 1. The number of halogens is 2. The number of piperazine rings is 1. The number of amides is 1. The van der Waals surface area contributed by atoms with Gasteiger partial charge in [0.15, 0.2) is 5.82 Å². The number of anilines is 4. The van der Waals surface area contributed by atoms with Gasteiger partial charge < -0.3 is 35.8 Å². The summed E-state index contributed by atoms with van der Waals surface area (Å²) in [6.45, 7) is 4.38. The molecule has 4 heterocycles. The van der Waals surface area contributed by atoms with Crippen LogP contribution in [0.25, 0.3) is 0 Å². The van der Waals surface area contributed by atoms with Gasteiger partial charge in [-0.15, -0.1) is 0 Å². The molecule has 4 aliphatic rings. The topological polar surface area (TPSA) is 112 Å². The number of hydrogen-bond acceptors (Lipinski definition) is 9. The van der Waals surface area contributed by atoms with Crippen molar-refractivity contribution >= 4 is 28.9 Å². The summed E-state index contributed by atoms with van der Waals surface area (Å²) in [6, 6.07) is 8.94. The summed E-state index contributed by atoms with van der Waals surface area (Å²) in [7, 11) is 0. The van der Waals surface area contributed by atoms with Crippen LogP contribution in [0.3, 0.4) is 0 Å². The van der Waals surface area contributed by atoms with E-state index in [1.165, 1.54) is 0 Å². The van der Waals surface area contributed by atoms with E-state index < -0.39 is 17.6 Å². The van der Waals surface area contributed by atoms with Crippen LogP contribution < -0.4 is 26.2 Å². The first-order valence-corrected chi connectivity index (χ1v) is 12.9. The number of para-hydroxylation sites is 2. The summed E-state index contributed by atoms with van der Waals surface area (Å²) < 4.78 is 35.0. The maximum absolute atomic E-state index is 14.8. The fraction of sp³-hybridized carbons (Fsp3) is 0.560. The summed E-state index contributed by atoms with van der Waals surface area (Å²) in [4.78, 5) is 28.1. The quantitative estimate of drug-likeness (QED) is 0.550. The molecule has 4 N–H and O–H groups in total. The number of carbonyl (C=O) groups is 1. The van der Waals surface area contributed by atoms with Gasteiger partial charge in [0.1, 0.15) is 11.6 Å². The number of aromatic nitrogens is 2. The third kappa shape index (κ3) is 4.21. The fourth-order valence-electron chi connectivity index (χ4n) is 5.42. The second kappa shape index (κ2) is 9.25. The molecule has 0 bridgehead atoms. The van der Waals surface area contributed by atoms with Crippen LogP contribution in [0.2, 0.25) is 0 Å². The molecule has 1 saturated carbocycles. The van der Waals surface area contributed by atoms with E-state index in [9.17, 15) is 13.6 Å². The zero-order valence-corrected chi connectivity index (χ0v) is 20.6. The highest BCUT2D eigenvalue weighted by molar-refractivity contribution is 5.87. The van der Waals surface area contributed by atoms with Crippen LogP contribution in [0.15, 0.2) is 30.3 Å². The Labute approximate surface area is 214 Å². The number of nitrogens with one attached hydrogen (secondary N) is 2. The van der Waals surface area contributed by atoms with Crippen LogP contribution in [0.5, 0.6) is 0 Å². The molecule has 0 spiro atoms. The van der Waals surface area contributed by atoms with Crippen LogP contribution in [-0.4, -0.2) is 85.2 Å². The van der Waals surface area contributed by atoms with Gasteiger partial charge in [-0.3, -0.25) is 4.79 Å². The van der Waals surface area contributed by atoms with Gasteiger partial charge in [-0.05, 0) is 31.4 Å². The molecule has 3 aliphatic heterocycles. The average Bonchev–Trinajstić information content (AvgIpc) is 3.33. The van der Waals surface area contributed by atoms with Gasteiger partial charge in [0.2, 0.25) is 11.6 Å². The van der Waals surface area contributed by atoms with Crippen molar-refractivity contribution in [3.05, 3.63) is 36.2 Å². The van der Waals surface area contributed by atoms with E-state index in [1.54, 1.807) is 24.3 Å². The number of carbonyl (C=O) groups excluding carboxylic acids is 1. The number of nitrogens with two attached hydrogens (primary N) is 1. The van der Waals surface area contributed by atoms with E-state index in [2.05, 4.69) is 20.6 Å². The summed E-state index contributed by atoms with van der Waals surface area (Å²) >= 11 is 0. The average molecular weight is 515 g/mol. The molecule has 1 amide bonds. The van der Waals surface area contributed by atoms with Crippen molar-refractivity contribution in [1.82, 2.24) is 14.9 Å². The third-order valence-corrected chi connectivity index (χ3v) is 7.87. The molecule has 12 heteroatoms. The van der Waals surface area contributed by atoms with Gasteiger partial charge in [-0.25, -0.2) is 18.7 Å². The third-order valence-electron chi connectivity index (χ3n) is 7.87. The van der Waals surface area contributed by atoms with E-state index in [0.717, 1.165) is 19.3 Å².